The molecule has 4 rings (SSSR count). The minimum absolute atomic E-state index is 0.00318. The highest BCUT2D eigenvalue weighted by Gasteiger charge is 2.32. The molecular weight excluding hydrogens is 349 g/mol. The maximum absolute atomic E-state index is 12.6. The van der Waals surface area contributed by atoms with E-state index in [1.54, 1.807) is 18.2 Å². The van der Waals surface area contributed by atoms with E-state index >= 15 is 0 Å². The zero-order valence-corrected chi connectivity index (χ0v) is 13.1. The maximum Gasteiger partial charge on any atom is 0.573 e. The van der Waals surface area contributed by atoms with Crippen molar-refractivity contribution in [2.24, 2.45) is 0 Å². The van der Waals surface area contributed by atoms with Crippen LogP contribution in [0, 0.1) is 0 Å². The summed E-state index contributed by atoms with van der Waals surface area (Å²) in [5.74, 6) is -0.309. The van der Waals surface area contributed by atoms with E-state index in [-0.39, 0.29) is 23.4 Å². The van der Waals surface area contributed by atoms with Gasteiger partial charge in [0.05, 0.1) is 23.6 Å². The Morgan fingerprint density at radius 1 is 1.12 bits per heavy atom. The van der Waals surface area contributed by atoms with E-state index < -0.39 is 6.36 Å². The second-order valence-electron chi connectivity index (χ2n) is 5.57. The number of nitrogens with zero attached hydrogens (tertiary/aromatic N) is 3. The van der Waals surface area contributed by atoms with Crippen LogP contribution in [0.5, 0.6) is 5.75 Å². The number of H-pyrrole nitrogens is 1. The van der Waals surface area contributed by atoms with Crippen LogP contribution in [0.15, 0.2) is 53.6 Å². The highest BCUT2D eigenvalue weighted by atomic mass is 19.4. The van der Waals surface area contributed by atoms with E-state index in [1.165, 1.54) is 35.3 Å². The van der Waals surface area contributed by atoms with Gasteiger partial charge in [0.2, 0.25) is 0 Å². The Hall–Kier alpha value is -3.36. The molecule has 3 heterocycles. The number of pyridine rings is 2. The van der Waals surface area contributed by atoms with Gasteiger partial charge in [0.15, 0.2) is 0 Å². The molecule has 0 aliphatic heterocycles. The molecule has 0 unspecified atom stereocenters. The largest absolute Gasteiger partial charge is 0.573 e. The van der Waals surface area contributed by atoms with Crippen LogP contribution in [-0.2, 0) is 6.54 Å². The lowest BCUT2D eigenvalue weighted by Crippen LogP contribution is -2.18. The predicted octanol–water partition coefficient (Wildman–Crippen LogP) is 3.22. The number of alkyl halides is 3. The van der Waals surface area contributed by atoms with Crippen molar-refractivity contribution < 1.29 is 17.9 Å². The van der Waals surface area contributed by atoms with Gasteiger partial charge in [-0.2, -0.15) is 5.10 Å². The van der Waals surface area contributed by atoms with Gasteiger partial charge in [-0.3, -0.25) is 9.48 Å². The number of nitrogens with one attached hydrogen (secondary N) is 1. The first-order valence-electron chi connectivity index (χ1n) is 7.58. The molecule has 1 aromatic carbocycles. The summed E-state index contributed by atoms with van der Waals surface area (Å²) in [6, 6.07) is 9.28. The average molecular weight is 360 g/mol. The number of para-hydroxylation sites is 1. The molecule has 0 spiro atoms. The number of fused-ring (bicyclic) bond motifs is 3. The molecule has 0 fully saturated rings. The Kier molecular flexibility index (Phi) is 3.64. The summed E-state index contributed by atoms with van der Waals surface area (Å²) in [7, 11) is 0. The van der Waals surface area contributed by atoms with Gasteiger partial charge in [0.1, 0.15) is 11.4 Å². The first kappa shape index (κ1) is 16.1. The standard InChI is InChI=1S/C17H11F3N4O2/c18-17(19,20)26-13-6-2-1-4-10(13)9-24-14-11-5-3-7-21-15(11)23-16(25)12(14)8-22-24/h1-8H,9H2,(H,21,23,25). The molecule has 132 valence electrons. The van der Waals surface area contributed by atoms with Gasteiger partial charge in [0.25, 0.3) is 5.56 Å². The second kappa shape index (κ2) is 5.87. The van der Waals surface area contributed by atoms with Gasteiger partial charge in [-0.15, -0.1) is 13.2 Å². The molecule has 4 aromatic rings. The quantitative estimate of drug-likeness (QED) is 0.609. The van der Waals surface area contributed by atoms with E-state index in [1.807, 2.05) is 0 Å². The second-order valence-corrected chi connectivity index (χ2v) is 5.57. The molecule has 26 heavy (non-hydrogen) atoms. The van der Waals surface area contributed by atoms with E-state index in [4.69, 9.17) is 0 Å². The fraction of sp³-hybridized carbons (Fsp3) is 0.118. The Bertz CT molecular complexity index is 1160. The first-order chi connectivity index (χ1) is 12.4. The summed E-state index contributed by atoms with van der Waals surface area (Å²) in [4.78, 5) is 19.0. The number of benzene rings is 1. The molecule has 6 nitrogen and oxygen atoms in total. The summed E-state index contributed by atoms with van der Waals surface area (Å²) < 4.78 is 43.4. The molecule has 0 saturated carbocycles. The van der Waals surface area contributed by atoms with Crippen LogP contribution in [0.1, 0.15) is 5.56 Å². The fourth-order valence-corrected chi connectivity index (χ4v) is 2.85. The first-order valence-corrected chi connectivity index (χ1v) is 7.58. The van der Waals surface area contributed by atoms with Crippen LogP contribution in [-0.4, -0.2) is 26.1 Å². The van der Waals surface area contributed by atoms with Gasteiger partial charge in [-0.05, 0) is 18.2 Å². The zero-order valence-electron chi connectivity index (χ0n) is 13.1. The molecule has 0 aliphatic rings. The van der Waals surface area contributed by atoms with E-state index in [0.29, 0.717) is 21.9 Å². The van der Waals surface area contributed by atoms with Gasteiger partial charge in [-0.25, -0.2) is 4.98 Å². The average Bonchev–Trinajstić information content (AvgIpc) is 3.00. The highest BCUT2D eigenvalue weighted by Crippen LogP contribution is 2.28. The zero-order chi connectivity index (χ0) is 18.3. The van der Waals surface area contributed by atoms with Crippen molar-refractivity contribution in [2.45, 2.75) is 12.9 Å². The number of hydrogen-bond acceptors (Lipinski definition) is 4. The lowest BCUT2D eigenvalue weighted by atomic mass is 10.2. The lowest BCUT2D eigenvalue weighted by Gasteiger charge is -2.13. The summed E-state index contributed by atoms with van der Waals surface area (Å²) in [6.45, 7) is 0.00318. The van der Waals surface area contributed by atoms with Crippen LogP contribution < -0.4 is 10.3 Å². The third kappa shape index (κ3) is 2.87. The molecule has 0 atom stereocenters. The fourth-order valence-electron chi connectivity index (χ4n) is 2.85. The van der Waals surface area contributed by atoms with Gasteiger partial charge in [-0.1, -0.05) is 18.2 Å². The van der Waals surface area contributed by atoms with E-state index in [9.17, 15) is 18.0 Å². The number of halogens is 3. The summed E-state index contributed by atoms with van der Waals surface area (Å²) >= 11 is 0. The molecule has 0 aliphatic carbocycles. The van der Waals surface area contributed by atoms with Crippen molar-refractivity contribution in [1.82, 2.24) is 19.7 Å². The smallest absolute Gasteiger partial charge is 0.405 e. The van der Waals surface area contributed by atoms with Crippen molar-refractivity contribution in [3.63, 3.8) is 0 Å². The maximum atomic E-state index is 12.6. The highest BCUT2D eigenvalue weighted by molar-refractivity contribution is 6.01. The van der Waals surface area contributed by atoms with Crippen molar-refractivity contribution in [2.75, 3.05) is 0 Å². The molecule has 0 amide bonds. The number of aromatic nitrogens is 4. The third-order valence-corrected chi connectivity index (χ3v) is 3.90. The Morgan fingerprint density at radius 3 is 2.73 bits per heavy atom. The van der Waals surface area contributed by atoms with Crippen molar-refractivity contribution >= 4 is 21.9 Å². The monoisotopic (exact) mass is 360 g/mol. The molecule has 9 heteroatoms. The normalized spacial score (nSPS) is 12.0. The summed E-state index contributed by atoms with van der Waals surface area (Å²) in [5.41, 5.74) is 0.801. The van der Waals surface area contributed by atoms with Crippen molar-refractivity contribution in [3.05, 3.63) is 64.7 Å². The van der Waals surface area contributed by atoms with E-state index in [0.717, 1.165) is 0 Å². The Balaban J connectivity index is 1.86. The third-order valence-electron chi connectivity index (χ3n) is 3.90. The predicted molar refractivity (Wildman–Crippen MR) is 87.9 cm³/mol. The van der Waals surface area contributed by atoms with Gasteiger partial charge in [0, 0.05) is 17.1 Å². The number of aromatic amines is 1. The van der Waals surface area contributed by atoms with Gasteiger partial charge < -0.3 is 9.72 Å². The molecule has 0 bridgehead atoms. The van der Waals surface area contributed by atoms with Gasteiger partial charge >= 0.3 is 6.36 Å². The van der Waals surface area contributed by atoms with Crippen LogP contribution in [0.3, 0.4) is 0 Å². The molecule has 0 radical (unpaired) electrons. The summed E-state index contributed by atoms with van der Waals surface area (Å²) in [6.07, 6.45) is -1.87. The van der Waals surface area contributed by atoms with Crippen LogP contribution in [0.4, 0.5) is 13.2 Å². The Morgan fingerprint density at radius 2 is 1.92 bits per heavy atom. The number of rotatable bonds is 3. The van der Waals surface area contributed by atoms with Crippen molar-refractivity contribution in [1.29, 1.82) is 0 Å². The number of ether oxygens (including phenoxy) is 1. The molecule has 1 N–H and O–H groups in total. The lowest BCUT2D eigenvalue weighted by molar-refractivity contribution is -0.274. The minimum atomic E-state index is -4.80. The molecular formula is C17H11F3N4O2. The molecule has 3 aromatic heterocycles. The van der Waals surface area contributed by atoms with Crippen LogP contribution >= 0.6 is 0 Å². The van der Waals surface area contributed by atoms with Crippen LogP contribution in [0.2, 0.25) is 0 Å². The van der Waals surface area contributed by atoms with Crippen LogP contribution in [0.25, 0.3) is 21.9 Å². The minimum Gasteiger partial charge on any atom is -0.405 e. The SMILES string of the molecule is O=c1[nH]c2ncccc2c2c1cnn2Cc1ccccc1OC(F)(F)F. The Labute approximate surface area is 143 Å². The topological polar surface area (TPSA) is 72.8 Å². The number of hydrogen-bond donors (Lipinski definition) is 1. The summed E-state index contributed by atoms with van der Waals surface area (Å²) in [5, 5.41) is 5.15. The molecule has 0 saturated heterocycles. The van der Waals surface area contributed by atoms with E-state index in [2.05, 4.69) is 19.8 Å². The van der Waals surface area contributed by atoms with Crippen molar-refractivity contribution in [3.8, 4) is 5.75 Å².